The van der Waals surface area contributed by atoms with Crippen molar-refractivity contribution >= 4 is 11.8 Å². The van der Waals surface area contributed by atoms with Gasteiger partial charge in [0.05, 0.1) is 26.3 Å². The summed E-state index contributed by atoms with van der Waals surface area (Å²) in [6.07, 6.45) is 2.15. The smallest absolute Gasteiger partial charge is 0.241 e. The number of nitrogens with one attached hydrogen (secondary N) is 1. The highest BCUT2D eigenvalue weighted by Crippen LogP contribution is 2.06. The molecule has 0 saturated carbocycles. The molecule has 0 aromatic carbocycles. The van der Waals surface area contributed by atoms with Gasteiger partial charge in [-0.2, -0.15) is 0 Å². The van der Waals surface area contributed by atoms with Gasteiger partial charge in [0.25, 0.3) is 0 Å². The van der Waals surface area contributed by atoms with E-state index in [4.69, 9.17) is 4.74 Å². The van der Waals surface area contributed by atoms with E-state index >= 15 is 0 Å². The summed E-state index contributed by atoms with van der Waals surface area (Å²) in [7, 11) is 0. The molecule has 0 aromatic heterocycles. The first-order chi connectivity index (χ1) is 8.75. The molecule has 18 heavy (non-hydrogen) atoms. The van der Waals surface area contributed by atoms with Crippen LogP contribution in [0.1, 0.15) is 12.8 Å². The molecule has 102 valence electrons. The van der Waals surface area contributed by atoms with Crippen LogP contribution >= 0.6 is 0 Å². The van der Waals surface area contributed by atoms with Crippen molar-refractivity contribution < 1.29 is 14.3 Å². The highest BCUT2D eigenvalue weighted by Gasteiger charge is 2.19. The van der Waals surface area contributed by atoms with Gasteiger partial charge in [0.15, 0.2) is 0 Å². The van der Waals surface area contributed by atoms with Gasteiger partial charge in [-0.3, -0.25) is 14.5 Å². The van der Waals surface area contributed by atoms with Crippen LogP contribution < -0.4 is 5.32 Å². The van der Waals surface area contributed by atoms with Crippen LogP contribution in [-0.4, -0.2) is 74.1 Å². The van der Waals surface area contributed by atoms with Crippen LogP contribution in [0.2, 0.25) is 0 Å². The molecular formula is C12H21N3O3. The average Bonchev–Trinajstić information content (AvgIpc) is 2.91. The predicted molar refractivity (Wildman–Crippen MR) is 66.1 cm³/mol. The summed E-state index contributed by atoms with van der Waals surface area (Å²) in [6, 6.07) is 0. The summed E-state index contributed by atoms with van der Waals surface area (Å²) in [4.78, 5) is 27.2. The predicted octanol–water partition coefficient (Wildman–Crippen LogP) is -0.943. The van der Waals surface area contributed by atoms with E-state index in [1.807, 2.05) is 9.80 Å². The molecule has 2 amide bonds. The van der Waals surface area contributed by atoms with E-state index in [0.29, 0.717) is 19.8 Å². The Morgan fingerprint density at radius 3 is 2.39 bits per heavy atom. The number of carbonyl (C=O) groups is 2. The monoisotopic (exact) mass is 255 g/mol. The van der Waals surface area contributed by atoms with Crippen LogP contribution in [0, 0.1) is 0 Å². The summed E-state index contributed by atoms with van der Waals surface area (Å²) in [5, 5.41) is 2.69. The fourth-order valence-electron chi connectivity index (χ4n) is 2.27. The first-order valence-electron chi connectivity index (χ1n) is 6.60. The van der Waals surface area contributed by atoms with Gasteiger partial charge in [-0.15, -0.1) is 0 Å². The number of morpholine rings is 1. The Morgan fingerprint density at radius 2 is 1.72 bits per heavy atom. The Labute approximate surface area is 107 Å². The molecule has 0 spiro atoms. The van der Waals surface area contributed by atoms with Gasteiger partial charge in [0.2, 0.25) is 11.8 Å². The van der Waals surface area contributed by atoms with Crippen molar-refractivity contribution in [2.24, 2.45) is 0 Å². The van der Waals surface area contributed by atoms with E-state index in [-0.39, 0.29) is 18.4 Å². The second kappa shape index (κ2) is 6.70. The lowest BCUT2D eigenvalue weighted by Crippen LogP contribution is -2.45. The van der Waals surface area contributed by atoms with Crippen molar-refractivity contribution in [3.05, 3.63) is 0 Å². The molecule has 6 heteroatoms. The summed E-state index contributed by atoms with van der Waals surface area (Å²) >= 11 is 0. The van der Waals surface area contributed by atoms with Crippen molar-refractivity contribution in [2.45, 2.75) is 12.8 Å². The number of likely N-dealkylation sites (tertiary alicyclic amines) is 1. The minimum Gasteiger partial charge on any atom is -0.379 e. The third kappa shape index (κ3) is 3.96. The fraction of sp³-hybridized carbons (Fsp3) is 0.833. The van der Waals surface area contributed by atoms with E-state index < -0.39 is 0 Å². The maximum atomic E-state index is 11.7. The fourth-order valence-corrected chi connectivity index (χ4v) is 2.27. The lowest BCUT2D eigenvalue weighted by atomic mass is 10.4. The molecule has 0 aromatic rings. The Balaban J connectivity index is 1.63. The van der Waals surface area contributed by atoms with Crippen LogP contribution in [0.4, 0.5) is 0 Å². The van der Waals surface area contributed by atoms with E-state index in [0.717, 1.165) is 39.0 Å². The Hall–Kier alpha value is -1.14. The van der Waals surface area contributed by atoms with Crippen molar-refractivity contribution in [3.8, 4) is 0 Å². The first kappa shape index (κ1) is 13.3. The van der Waals surface area contributed by atoms with Crippen LogP contribution in [0.25, 0.3) is 0 Å². The van der Waals surface area contributed by atoms with E-state index in [9.17, 15) is 9.59 Å². The number of hydrogen-bond acceptors (Lipinski definition) is 4. The van der Waals surface area contributed by atoms with Gasteiger partial charge in [-0.25, -0.2) is 0 Å². The van der Waals surface area contributed by atoms with E-state index in [2.05, 4.69) is 5.32 Å². The lowest BCUT2D eigenvalue weighted by Gasteiger charge is -2.25. The number of amides is 2. The quantitative estimate of drug-likeness (QED) is 0.704. The molecule has 2 heterocycles. The van der Waals surface area contributed by atoms with Gasteiger partial charge in [-0.05, 0) is 12.8 Å². The number of hydrogen-bond donors (Lipinski definition) is 1. The molecule has 2 saturated heterocycles. The Kier molecular flexibility index (Phi) is 4.95. The third-order valence-corrected chi connectivity index (χ3v) is 3.37. The second-order valence-electron chi connectivity index (χ2n) is 4.75. The Morgan fingerprint density at radius 1 is 1.06 bits per heavy atom. The summed E-state index contributed by atoms with van der Waals surface area (Å²) < 4.78 is 5.21. The topological polar surface area (TPSA) is 61.9 Å². The van der Waals surface area contributed by atoms with Gasteiger partial charge < -0.3 is 15.0 Å². The van der Waals surface area contributed by atoms with Crippen molar-refractivity contribution in [3.63, 3.8) is 0 Å². The zero-order chi connectivity index (χ0) is 12.8. The van der Waals surface area contributed by atoms with Gasteiger partial charge in [0.1, 0.15) is 0 Å². The van der Waals surface area contributed by atoms with Crippen molar-refractivity contribution in [2.75, 3.05) is 52.5 Å². The van der Waals surface area contributed by atoms with E-state index in [1.54, 1.807) is 0 Å². The molecule has 0 unspecified atom stereocenters. The molecule has 0 atom stereocenters. The third-order valence-electron chi connectivity index (χ3n) is 3.37. The molecule has 2 fully saturated rings. The molecule has 6 nitrogen and oxygen atoms in total. The molecular weight excluding hydrogens is 234 g/mol. The standard InChI is InChI=1S/C12H21N3O3/c16-11(10-14-5-7-18-8-6-14)13-9-12(17)15-3-1-2-4-15/h1-10H2,(H,13,16). The van der Waals surface area contributed by atoms with Crippen molar-refractivity contribution in [1.82, 2.24) is 15.1 Å². The Bertz CT molecular complexity index is 297. The average molecular weight is 255 g/mol. The molecule has 2 rings (SSSR count). The second-order valence-corrected chi connectivity index (χ2v) is 4.75. The van der Waals surface area contributed by atoms with E-state index in [1.165, 1.54) is 0 Å². The number of carbonyl (C=O) groups excluding carboxylic acids is 2. The lowest BCUT2D eigenvalue weighted by molar-refractivity contribution is -0.132. The highest BCUT2D eigenvalue weighted by molar-refractivity contribution is 5.85. The molecule has 0 radical (unpaired) electrons. The van der Waals surface area contributed by atoms with Gasteiger partial charge in [0, 0.05) is 26.2 Å². The number of ether oxygens (including phenoxy) is 1. The van der Waals surface area contributed by atoms with Crippen LogP contribution in [0.3, 0.4) is 0 Å². The van der Waals surface area contributed by atoms with Crippen LogP contribution in [-0.2, 0) is 14.3 Å². The first-order valence-corrected chi connectivity index (χ1v) is 6.60. The number of rotatable bonds is 4. The molecule has 2 aliphatic heterocycles. The molecule has 0 aliphatic carbocycles. The van der Waals surface area contributed by atoms with Crippen molar-refractivity contribution in [1.29, 1.82) is 0 Å². The summed E-state index contributed by atoms with van der Waals surface area (Å²) in [5.74, 6) is -0.0488. The van der Waals surface area contributed by atoms with Gasteiger partial charge in [-0.1, -0.05) is 0 Å². The largest absolute Gasteiger partial charge is 0.379 e. The normalized spacial score (nSPS) is 21.0. The minimum absolute atomic E-state index is 0.0304. The molecule has 0 bridgehead atoms. The summed E-state index contributed by atoms with van der Waals surface area (Å²) in [6.45, 7) is 5.08. The van der Waals surface area contributed by atoms with Crippen LogP contribution in [0.15, 0.2) is 0 Å². The summed E-state index contributed by atoms with van der Waals surface area (Å²) in [5.41, 5.74) is 0. The highest BCUT2D eigenvalue weighted by atomic mass is 16.5. The van der Waals surface area contributed by atoms with Gasteiger partial charge >= 0.3 is 0 Å². The van der Waals surface area contributed by atoms with Crippen LogP contribution in [0.5, 0.6) is 0 Å². The number of nitrogens with zero attached hydrogens (tertiary/aromatic N) is 2. The zero-order valence-electron chi connectivity index (χ0n) is 10.7. The SMILES string of the molecule is O=C(CN1CCOCC1)NCC(=O)N1CCCC1. The zero-order valence-corrected chi connectivity index (χ0v) is 10.7. The maximum Gasteiger partial charge on any atom is 0.241 e. The molecule has 1 N–H and O–H groups in total. The molecule has 2 aliphatic rings. The minimum atomic E-state index is -0.0792. The maximum absolute atomic E-state index is 11.7.